The monoisotopic (exact) mass is 299 g/mol. The topological polar surface area (TPSA) is 85.6 Å². The molecule has 1 saturated heterocycles. The van der Waals surface area contributed by atoms with Crippen LogP contribution in [0, 0.1) is 10.1 Å². The van der Waals surface area contributed by atoms with Gasteiger partial charge >= 0.3 is 6.09 Å². The Hall–Kier alpha value is -2.96. The Bertz CT molecular complexity index is 688. The first-order valence-electron chi connectivity index (χ1n) is 6.75. The highest BCUT2D eigenvalue weighted by atomic mass is 16.6. The van der Waals surface area contributed by atoms with Gasteiger partial charge in [0.15, 0.2) is 0 Å². The first-order valence-corrected chi connectivity index (χ1v) is 6.75. The highest BCUT2D eigenvalue weighted by Crippen LogP contribution is 2.24. The summed E-state index contributed by atoms with van der Waals surface area (Å²) in [6.45, 7) is 0.270. The van der Waals surface area contributed by atoms with Crippen molar-refractivity contribution in [3.63, 3.8) is 0 Å². The Morgan fingerprint density at radius 1 is 1.27 bits per heavy atom. The van der Waals surface area contributed by atoms with E-state index in [-0.39, 0.29) is 18.3 Å². The maximum atomic E-state index is 11.9. The summed E-state index contributed by atoms with van der Waals surface area (Å²) in [5, 5.41) is 10.7. The van der Waals surface area contributed by atoms with Crippen molar-refractivity contribution in [2.75, 3.05) is 11.5 Å². The van der Waals surface area contributed by atoms with E-state index in [9.17, 15) is 14.9 Å². The predicted octanol–water partition coefficient (Wildman–Crippen LogP) is 2.56. The highest BCUT2D eigenvalue weighted by molar-refractivity contribution is 5.89. The molecule has 1 atom stereocenters. The lowest BCUT2D eigenvalue weighted by molar-refractivity contribution is -0.385. The first kappa shape index (κ1) is 14.0. The molecular formula is C15H13N3O4. The molecule has 0 aliphatic carbocycles. The number of cyclic esters (lactones) is 1. The molecule has 7 nitrogen and oxygen atoms in total. The number of carbonyl (C=O) groups excluding carboxylic acids is 1. The van der Waals surface area contributed by atoms with Gasteiger partial charge in [0.05, 0.1) is 11.0 Å². The van der Waals surface area contributed by atoms with Gasteiger partial charge in [-0.15, -0.1) is 0 Å². The van der Waals surface area contributed by atoms with Gasteiger partial charge in [0.1, 0.15) is 18.6 Å². The first-order chi connectivity index (χ1) is 10.6. The zero-order valence-electron chi connectivity index (χ0n) is 11.6. The van der Waals surface area contributed by atoms with Gasteiger partial charge in [-0.2, -0.15) is 0 Å². The van der Waals surface area contributed by atoms with E-state index in [4.69, 9.17) is 4.74 Å². The van der Waals surface area contributed by atoms with Crippen molar-refractivity contribution in [1.82, 2.24) is 4.98 Å². The lowest BCUT2D eigenvalue weighted by atomic mass is 10.1. The summed E-state index contributed by atoms with van der Waals surface area (Å²) in [5.74, 6) is 0.356. The van der Waals surface area contributed by atoms with Crippen molar-refractivity contribution in [2.24, 2.45) is 0 Å². The van der Waals surface area contributed by atoms with Gasteiger partial charge in [-0.1, -0.05) is 30.3 Å². The van der Waals surface area contributed by atoms with Crippen LogP contribution in [-0.2, 0) is 11.2 Å². The quantitative estimate of drug-likeness (QED) is 0.639. The van der Waals surface area contributed by atoms with Crippen molar-refractivity contribution in [3.8, 4) is 0 Å². The molecule has 1 aromatic heterocycles. The molecule has 0 radical (unpaired) electrons. The highest BCUT2D eigenvalue weighted by Gasteiger charge is 2.35. The summed E-state index contributed by atoms with van der Waals surface area (Å²) >= 11 is 0. The number of amides is 1. The van der Waals surface area contributed by atoms with E-state index < -0.39 is 11.0 Å². The second kappa shape index (κ2) is 5.80. The molecule has 1 aliphatic heterocycles. The molecule has 112 valence electrons. The van der Waals surface area contributed by atoms with Gasteiger partial charge in [-0.3, -0.25) is 15.0 Å². The zero-order chi connectivity index (χ0) is 15.5. The molecule has 22 heavy (non-hydrogen) atoms. The number of anilines is 1. The fraction of sp³-hybridized carbons (Fsp3) is 0.200. The largest absolute Gasteiger partial charge is 0.447 e. The summed E-state index contributed by atoms with van der Waals surface area (Å²) in [6.07, 6.45) is 1.29. The normalized spacial score (nSPS) is 17.4. The average Bonchev–Trinajstić information content (AvgIpc) is 2.89. The van der Waals surface area contributed by atoms with Crippen LogP contribution < -0.4 is 4.90 Å². The van der Waals surface area contributed by atoms with Crippen molar-refractivity contribution < 1.29 is 14.5 Å². The van der Waals surface area contributed by atoms with Gasteiger partial charge in [0, 0.05) is 6.07 Å². The predicted molar refractivity (Wildman–Crippen MR) is 78.7 cm³/mol. The van der Waals surface area contributed by atoms with Crippen LogP contribution in [0.5, 0.6) is 0 Å². The van der Waals surface area contributed by atoms with Crippen LogP contribution in [0.4, 0.5) is 16.3 Å². The van der Waals surface area contributed by atoms with E-state index >= 15 is 0 Å². The lowest BCUT2D eigenvalue weighted by Gasteiger charge is -2.20. The molecule has 3 rings (SSSR count). The molecule has 1 aromatic carbocycles. The van der Waals surface area contributed by atoms with Crippen LogP contribution in [-0.4, -0.2) is 28.6 Å². The Labute approximate surface area is 126 Å². The molecule has 1 amide bonds. The number of benzene rings is 1. The molecule has 2 heterocycles. The van der Waals surface area contributed by atoms with Crippen LogP contribution in [0.25, 0.3) is 0 Å². The third-order valence-electron chi connectivity index (χ3n) is 3.47. The van der Waals surface area contributed by atoms with E-state index in [1.54, 1.807) is 0 Å². The molecule has 1 aliphatic rings. The molecule has 0 N–H and O–H groups in total. The summed E-state index contributed by atoms with van der Waals surface area (Å²) < 4.78 is 5.10. The van der Waals surface area contributed by atoms with Crippen molar-refractivity contribution in [1.29, 1.82) is 0 Å². The Morgan fingerprint density at radius 3 is 2.68 bits per heavy atom. The molecule has 1 unspecified atom stereocenters. The third-order valence-corrected chi connectivity index (χ3v) is 3.47. The minimum Gasteiger partial charge on any atom is -0.447 e. The number of hydrogen-bond donors (Lipinski definition) is 0. The van der Waals surface area contributed by atoms with Crippen LogP contribution in [0.15, 0.2) is 48.7 Å². The van der Waals surface area contributed by atoms with Gasteiger partial charge < -0.3 is 4.74 Å². The minimum absolute atomic E-state index is 0.115. The Morgan fingerprint density at radius 2 is 2.05 bits per heavy atom. The number of rotatable bonds is 4. The third kappa shape index (κ3) is 2.73. The Balaban J connectivity index is 1.83. The van der Waals surface area contributed by atoms with Crippen molar-refractivity contribution >= 4 is 17.6 Å². The number of nitro groups is 1. The number of aromatic nitrogens is 1. The van der Waals surface area contributed by atoms with E-state index in [2.05, 4.69) is 4.98 Å². The lowest BCUT2D eigenvalue weighted by Crippen LogP contribution is -2.35. The SMILES string of the molecule is O=C1OCC(Cc2ccccc2)N1c1ccc([N+](=O)[O-])cn1. The van der Waals surface area contributed by atoms with E-state index in [1.807, 2.05) is 30.3 Å². The number of nitrogens with zero attached hydrogens (tertiary/aromatic N) is 3. The molecule has 0 saturated carbocycles. The van der Waals surface area contributed by atoms with Gasteiger partial charge in [0.2, 0.25) is 0 Å². The van der Waals surface area contributed by atoms with Crippen molar-refractivity contribution in [3.05, 3.63) is 64.3 Å². The van der Waals surface area contributed by atoms with E-state index in [1.165, 1.54) is 17.0 Å². The fourth-order valence-corrected chi connectivity index (χ4v) is 2.41. The number of ether oxygens (including phenoxy) is 1. The van der Waals surface area contributed by atoms with Crippen LogP contribution in [0.1, 0.15) is 5.56 Å². The van der Waals surface area contributed by atoms with E-state index in [0.717, 1.165) is 11.8 Å². The molecule has 1 fully saturated rings. The second-order valence-corrected chi connectivity index (χ2v) is 4.92. The summed E-state index contributed by atoms with van der Waals surface area (Å²) in [4.78, 5) is 27.5. The van der Waals surface area contributed by atoms with Crippen LogP contribution >= 0.6 is 0 Å². The number of carbonyl (C=O) groups is 1. The van der Waals surface area contributed by atoms with Gasteiger partial charge in [0.25, 0.3) is 5.69 Å². The summed E-state index contributed by atoms with van der Waals surface area (Å²) in [5.41, 5.74) is 0.966. The smallest absolute Gasteiger partial charge is 0.415 e. The number of pyridine rings is 1. The number of hydrogen-bond acceptors (Lipinski definition) is 5. The molecular weight excluding hydrogens is 286 g/mol. The van der Waals surface area contributed by atoms with Crippen LogP contribution in [0.2, 0.25) is 0 Å². The van der Waals surface area contributed by atoms with E-state index in [0.29, 0.717) is 12.2 Å². The van der Waals surface area contributed by atoms with Gasteiger partial charge in [-0.25, -0.2) is 9.78 Å². The fourth-order valence-electron chi connectivity index (χ4n) is 2.41. The molecule has 2 aromatic rings. The van der Waals surface area contributed by atoms with Crippen LogP contribution in [0.3, 0.4) is 0 Å². The summed E-state index contributed by atoms with van der Waals surface area (Å²) in [6, 6.07) is 12.4. The molecule has 7 heteroatoms. The maximum absolute atomic E-state index is 11.9. The molecule has 0 spiro atoms. The summed E-state index contributed by atoms with van der Waals surface area (Å²) in [7, 11) is 0. The van der Waals surface area contributed by atoms with Gasteiger partial charge in [-0.05, 0) is 18.1 Å². The second-order valence-electron chi connectivity index (χ2n) is 4.92. The zero-order valence-corrected chi connectivity index (χ0v) is 11.6. The van der Waals surface area contributed by atoms with Crippen molar-refractivity contribution in [2.45, 2.75) is 12.5 Å². The maximum Gasteiger partial charge on any atom is 0.415 e. The minimum atomic E-state index is -0.527. The standard InChI is InChI=1S/C15H13N3O4/c19-15-17(14-7-6-12(9-16-14)18(20)21)13(10-22-15)8-11-4-2-1-3-5-11/h1-7,9,13H,8,10H2. The Kier molecular flexibility index (Phi) is 3.69. The average molecular weight is 299 g/mol. The molecule has 0 bridgehead atoms.